The van der Waals surface area contributed by atoms with Crippen LogP contribution in [0.4, 0.5) is 19.0 Å². The predicted molar refractivity (Wildman–Crippen MR) is 144 cm³/mol. The zero-order chi connectivity index (χ0) is 27.6. The maximum Gasteiger partial charge on any atom is 0.401 e. The minimum absolute atomic E-state index is 0.139. The molecular formula is C28H30F3N7O. The number of aromatic amines is 1. The molecule has 2 atom stereocenters. The summed E-state index contributed by atoms with van der Waals surface area (Å²) < 4.78 is 37.4. The van der Waals surface area contributed by atoms with E-state index in [1.165, 1.54) is 31.5 Å². The number of hydrogen-bond donors (Lipinski definition) is 3. The van der Waals surface area contributed by atoms with Crippen molar-refractivity contribution in [3.8, 4) is 22.4 Å². The highest BCUT2D eigenvalue weighted by Gasteiger charge is 2.28. The third-order valence-electron chi connectivity index (χ3n) is 7.09. The molecule has 3 N–H and O–H groups in total. The van der Waals surface area contributed by atoms with Crippen LogP contribution >= 0.6 is 0 Å². The van der Waals surface area contributed by atoms with Gasteiger partial charge in [-0.15, -0.1) is 0 Å². The molecule has 0 aliphatic carbocycles. The lowest BCUT2D eigenvalue weighted by Crippen LogP contribution is -2.42. The van der Waals surface area contributed by atoms with E-state index in [-0.39, 0.29) is 5.82 Å². The van der Waals surface area contributed by atoms with Gasteiger partial charge in [0.05, 0.1) is 30.7 Å². The lowest BCUT2D eigenvalue weighted by atomic mass is 9.99. The zero-order valence-corrected chi connectivity index (χ0v) is 21.7. The molecule has 1 aromatic carbocycles. The van der Waals surface area contributed by atoms with Crippen LogP contribution in [0.1, 0.15) is 38.3 Å². The van der Waals surface area contributed by atoms with Crippen LogP contribution in [0, 0.1) is 0 Å². The van der Waals surface area contributed by atoms with E-state index in [2.05, 4.69) is 66.7 Å². The summed E-state index contributed by atoms with van der Waals surface area (Å²) in [7, 11) is 0. The Bertz CT molecular complexity index is 1460. The number of carbonyl (C=O) groups is 1. The van der Waals surface area contributed by atoms with Gasteiger partial charge in [-0.05, 0) is 63.0 Å². The van der Waals surface area contributed by atoms with E-state index in [1.54, 1.807) is 12.4 Å². The van der Waals surface area contributed by atoms with Crippen LogP contribution < -0.4 is 10.6 Å². The molecule has 4 heterocycles. The number of rotatable bonds is 8. The maximum absolute atomic E-state index is 12.5. The molecule has 0 bridgehead atoms. The number of nitrogens with one attached hydrogen (secondary N) is 3. The van der Waals surface area contributed by atoms with Crippen LogP contribution in [0.15, 0.2) is 55.1 Å². The van der Waals surface area contributed by atoms with Gasteiger partial charge >= 0.3 is 6.18 Å². The minimum Gasteiger partial charge on any atom is -0.345 e. The van der Waals surface area contributed by atoms with Crippen LogP contribution in [-0.2, 0) is 4.79 Å². The quantitative estimate of drug-likeness (QED) is 0.281. The van der Waals surface area contributed by atoms with Crippen molar-refractivity contribution < 1.29 is 18.0 Å². The number of halogens is 3. The van der Waals surface area contributed by atoms with Crippen molar-refractivity contribution in [2.75, 3.05) is 25.0 Å². The second-order valence-electron chi connectivity index (χ2n) is 9.86. The van der Waals surface area contributed by atoms with Crippen molar-refractivity contribution >= 4 is 22.8 Å². The van der Waals surface area contributed by atoms with Crippen LogP contribution in [0.2, 0.25) is 0 Å². The molecule has 1 saturated heterocycles. The molecule has 1 aliphatic rings. The van der Waals surface area contributed by atoms with E-state index in [0.717, 1.165) is 35.2 Å². The summed E-state index contributed by atoms with van der Waals surface area (Å²) in [4.78, 5) is 31.3. The van der Waals surface area contributed by atoms with E-state index in [9.17, 15) is 18.0 Å². The van der Waals surface area contributed by atoms with Gasteiger partial charge in [0.25, 0.3) is 0 Å². The van der Waals surface area contributed by atoms with E-state index >= 15 is 0 Å². The van der Waals surface area contributed by atoms with Crippen molar-refractivity contribution in [2.24, 2.45) is 0 Å². The van der Waals surface area contributed by atoms with Crippen molar-refractivity contribution in [2.45, 2.75) is 44.9 Å². The van der Waals surface area contributed by atoms with Gasteiger partial charge in [-0.1, -0.05) is 18.2 Å². The predicted octanol–water partition coefficient (Wildman–Crippen LogP) is 5.32. The third-order valence-corrected chi connectivity index (χ3v) is 7.09. The van der Waals surface area contributed by atoms with Crippen LogP contribution in [0.25, 0.3) is 33.4 Å². The normalized spacial score (nSPS) is 15.9. The topological polar surface area (TPSA) is 98.8 Å². The summed E-state index contributed by atoms with van der Waals surface area (Å²) in [5, 5.41) is 5.53. The molecule has 8 nitrogen and oxygen atoms in total. The first kappa shape index (κ1) is 26.8. The Morgan fingerprint density at radius 2 is 1.90 bits per heavy atom. The van der Waals surface area contributed by atoms with Crippen molar-refractivity contribution in [3.05, 3.63) is 60.7 Å². The first-order chi connectivity index (χ1) is 18.7. The lowest BCUT2D eigenvalue weighted by molar-refractivity contribution is -0.129. The number of carbonyl (C=O) groups excluding carboxylic acids is 1. The molecular weight excluding hydrogens is 507 g/mol. The van der Waals surface area contributed by atoms with E-state index < -0.39 is 24.7 Å². The number of pyridine rings is 1. The number of likely N-dealkylation sites (tertiary alicyclic amines) is 1. The van der Waals surface area contributed by atoms with Gasteiger partial charge in [0.2, 0.25) is 5.91 Å². The Balaban J connectivity index is 1.38. The van der Waals surface area contributed by atoms with Gasteiger partial charge in [0.1, 0.15) is 5.65 Å². The number of aromatic nitrogens is 4. The average molecular weight is 538 g/mol. The highest BCUT2D eigenvalue weighted by atomic mass is 19.4. The molecule has 0 saturated carbocycles. The Morgan fingerprint density at radius 1 is 1.10 bits per heavy atom. The minimum atomic E-state index is -4.41. The molecule has 204 valence electrons. The highest BCUT2D eigenvalue weighted by Crippen LogP contribution is 2.32. The van der Waals surface area contributed by atoms with Crippen molar-refractivity contribution in [1.82, 2.24) is 30.2 Å². The highest BCUT2D eigenvalue weighted by molar-refractivity contribution is 5.96. The van der Waals surface area contributed by atoms with Crippen molar-refractivity contribution in [3.63, 3.8) is 0 Å². The average Bonchev–Trinajstić information content (AvgIpc) is 3.61. The van der Waals surface area contributed by atoms with E-state index in [1.807, 2.05) is 12.3 Å². The molecule has 1 fully saturated rings. The van der Waals surface area contributed by atoms with Gasteiger partial charge in [-0.3, -0.25) is 20.0 Å². The van der Waals surface area contributed by atoms with Gasteiger partial charge in [0, 0.05) is 34.9 Å². The number of anilines is 1. The number of benzene rings is 1. The number of nitrogens with zero attached hydrogens (tertiary/aromatic N) is 4. The molecule has 0 spiro atoms. The Labute approximate surface area is 224 Å². The molecule has 5 rings (SSSR count). The van der Waals surface area contributed by atoms with E-state index in [0.29, 0.717) is 17.4 Å². The summed E-state index contributed by atoms with van der Waals surface area (Å²) in [5.74, 6) is -0.503. The standard InChI is InChI=1S/C28H30F3N7O/c1-17(35-16-28(29,30)31)27(39)37-25-15-32-14-24(36-25)23-13-34-26-22(23)11-21(12-33-26)20-7-5-6-19(10-20)18(2)38-8-3-4-9-38/h5-7,10-15,17-18,35H,3-4,8-9,16H2,1-2H3,(H,33,34)(H,36,37,39)/t17-,18?/m1/s1. The number of alkyl halides is 3. The van der Waals surface area contributed by atoms with Crippen LogP contribution in [0.3, 0.4) is 0 Å². The number of amides is 1. The maximum atomic E-state index is 12.5. The smallest absolute Gasteiger partial charge is 0.345 e. The number of H-pyrrole nitrogens is 1. The number of hydrogen-bond acceptors (Lipinski definition) is 6. The molecule has 4 aromatic rings. The van der Waals surface area contributed by atoms with Gasteiger partial charge in [-0.25, -0.2) is 9.97 Å². The lowest BCUT2D eigenvalue weighted by Gasteiger charge is -2.24. The summed E-state index contributed by atoms with van der Waals surface area (Å²) in [5.41, 5.74) is 5.19. The van der Waals surface area contributed by atoms with Crippen molar-refractivity contribution in [1.29, 1.82) is 0 Å². The Kier molecular flexibility index (Phi) is 7.62. The van der Waals surface area contributed by atoms with Crippen LogP contribution in [0.5, 0.6) is 0 Å². The monoisotopic (exact) mass is 537 g/mol. The molecule has 1 amide bonds. The fraction of sp³-hybridized carbons (Fsp3) is 0.357. The fourth-order valence-corrected chi connectivity index (χ4v) is 4.84. The second-order valence-corrected chi connectivity index (χ2v) is 9.86. The molecule has 0 radical (unpaired) electrons. The third kappa shape index (κ3) is 6.26. The Morgan fingerprint density at radius 3 is 2.67 bits per heavy atom. The largest absolute Gasteiger partial charge is 0.401 e. The van der Waals surface area contributed by atoms with Gasteiger partial charge in [0.15, 0.2) is 5.82 Å². The molecule has 1 unspecified atom stereocenters. The summed E-state index contributed by atoms with van der Waals surface area (Å²) >= 11 is 0. The second kappa shape index (κ2) is 11.1. The first-order valence-electron chi connectivity index (χ1n) is 12.9. The summed E-state index contributed by atoms with van der Waals surface area (Å²) in [6.45, 7) is 4.57. The Hall–Kier alpha value is -3.83. The first-order valence-corrected chi connectivity index (χ1v) is 12.9. The molecule has 1 aliphatic heterocycles. The van der Waals surface area contributed by atoms with E-state index in [4.69, 9.17) is 0 Å². The van der Waals surface area contributed by atoms with Crippen LogP contribution in [-0.4, -0.2) is 62.6 Å². The molecule has 11 heteroatoms. The summed E-state index contributed by atoms with van der Waals surface area (Å²) in [6, 6.07) is 9.83. The molecule has 39 heavy (non-hydrogen) atoms. The fourth-order valence-electron chi connectivity index (χ4n) is 4.84. The zero-order valence-electron chi connectivity index (χ0n) is 21.7. The molecule has 3 aromatic heterocycles. The van der Waals surface area contributed by atoms with Gasteiger partial charge < -0.3 is 10.3 Å². The number of fused-ring (bicyclic) bond motifs is 1. The van der Waals surface area contributed by atoms with Gasteiger partial charge in [-0.2, -0.15) is 13.2 Å². The SMILES string of the molecule is CC(c1cccc(-c2cnc3[nH]cc(-c4cncc(NC(=O)[C@@H](C)NCC(F)(F)F)n4)c3c2)c1)N1CCCC1. The summed E-state index contributed by atoms with van der Waals surface area (Å²) in [6.07, 6.45) is 4.59.